The topological polar surface area (TPSA) is 8.17 Å². The number of hydrogen-bond acceptors (Lipinski definition) is 2. The van der Waals surface area contributed by atoms with E-state index < -0.39 is 0 Å². The second kappa shape index (κ2) is 15.0. The van der Waals surface area contributed by atoms with Crippen LogP contribution < -0.4 is 4.90 Å². The fraction of sp³-hybridized carbons (Fsp3) is 0.103. The zero-order valence-corrected chi connectivity index (χ0v) is 34.8. The summed E-state index contributed by atoms with van der Waals surface area (Å²) in [5.74, 6) is 0.574. The third-order valence-corrected chi connectivity index (χ3v) is 14.3. The van der Waals surface area contributed by atoms with Gasteiger partial charge in [-0.15, -0.1) is 11.3 Å². The Morgan fingerprint density at radius 2 is 0.984 bits per heavy atom. The van der Waals surface area contributed by atoms with Gasteiger partial charge in [0.25, 0.3) is 0 Å². The van der Waals surface area contributed by atoms with E-state index in [0.717, 1.165) is 11.4 Å². The highest BCUT2D eigenvalue weighted by Crippen LogP contribution is 2.52. The van der Waals surface area contributed by atoms with Crippen molar-refractivity contribution in [3.05, 3.63) is 206 Å². The first kappa shape index (κ1) is 36.0. The van der Waals surface area contributed by atoms with Crippen LogP contribution in [0.2, 0.25) is 0 Å². The molecule has 0 atom stereocenters. The minimum Gasteiger partial charge on any atom is -0.309 e. The fourth-order valence-corrected chi connectivity index (χ4v) is 11.7. The van der Waals surface area contributed by atoms with Crippen LogP contribution in [0.25, 0.3) is 80.7 Å². The van der Waals surface area contributed by atoms with E-state index in [1.54, 1.807) is 0 Å². The highest BCUT2D eigenvalue weighted by molar-refractivity contribution is 7.26. The summed E-state index contributed by atoms with van der Waals surface area (Å²) in [5.41, 5.74) is 13.5. The van der Waals surface area contributed by atoms with Crippen molar-refractivity contribution in [2.75, 3.05) is 4.90 Å². The van der Waals surface area contributed by atoms with Crippen LogP contribution in [0.3, 0.4) is 0 Å². The molecule has 0 bridgehead atoms. The predicted octanol–water partition coefficient (Wildman–Crippen LogP) is 17.2. The predicted molar refractivity (Wildman–Crippen MR) is 263 cm³/mol. The van der Waals surface area contributed by atoms with Crippen molar-refractivity contribution in [1.82, 2.24) is 4.57 Å². The number of anilines is 3. The lowest BCUT2D eigenvalue weighted by atomic mass is 9.80. The summed E-state index contributed by atoms with van der Waals surface area (Å²) in [6.45, 7) is 0. The first-order chi connectivity index (χ1) is 30.3. The molecule has 0 radical (unpaired) electrons. The van der Waals surface area contributed by atoms with E-state index in [2.05, 4.69) is 210 Å². The van der Waals surface area contributed by atoms with E-state index in [4.69, 9.17) is 0 Å². The first-order valence-electron chi connectivity index (χ1n) is 21.8. The van der Waals surface area contributed by atoms with Gasteiger partial charge in [-0.3, -0.25) is 0 Å². The van der Waals surface area contributed by atoms with Crippen molar-refractivity contribution in [1.29, 1.82) is 0 Å². The molecule has 1 saturated carbocycles. The zero-order chi connectivity index (χ0) is 40.3. The molecule has 0 aliphatic heterocycles. The highest BCUT2D eigenvalue weighted by atomic mass is 32.1. The molecule has 12 rings (SSSR count). The Labute approximate surface area is 360 Å². The molecule has 2 nitrogen and oxygen atoms in total. The minimum atomic E-state index is 0.574. The second-order valence-electron chi connectivity index (χ2n) is 16.6. The van der Waals surface area contributed by atoms with E-state index in [1.165, 1.54) is 124 Å². The molecule has 292 valence electrons. The summed E-state index contributed by atoms with van der Waals surface area (Å²) in [5, 5.41) is 7.78. The Morgan fingerprint density at radius 3 is 1.80 bits per heavy atom. The van der Waals surface area contributed by atoms with Gasteiger partial charge in [0, 0.05) is 53.3 Å². The van der Waals surface area contributed by atoms with Gasteiger partial charge in [0.15, 0.2) is 0 Å². The van der Waals surface area contributed by atoms with Crippen molar-refractivity contribution in [2.24, 2.45) is 0 Å². The van der Waals surface area contributed by atoms with Gasteiger partial charge in [-0.2, -0.15) is 0 Å². The number of nitrogens with zero attached hydrogens (tertiary/aromatic N) is 2. The number of hydrogen-bond donors (Lipinski definition) is 0. The molecule has 1 aliphatic rings. The number of para-hydroxylation sites is 5. The molecular weight excluding hydrogens is 757 g/mol. The number of rotatable bonds is 7. The molecule has 3 heteroatoms. The van der Waals surface area contributed by atoms with E-state index in [1.807, 2.05) is 11.3 Å². The Hall–Kier alpha value is -6.94. The van der Waals surface area contributed by atoms with Crippen molar-refractivity contribution in [2.45, 2.75) is 38.0 Å². The van der Waals surface area contributed by atoms with Crippen molar-refractivity contribution < 1.29 is 0 Å². The van der Waals surface area contributed by atoms with Crippen LogP contribution >= 0.6 is 11.3 Å². The van der Waals surface area contributed by atoms with Gasteiger partial charge in [-0.05, 0) is 89.2 Å². The van der Waals surface area contributed by atoms with Gasteiger partial charge < -0.3 is 9.47 Å². The van der Waals surface area contributed by atoms with Crippen LogP contribution in [0.5, 0.6) is 0 Å². The van der Waals surface area contributed by atoms with Gasteiger partial charge in [-0.25, -0.2) is 0 Å². The van der Waals surface area contributed by atoms with Gasteiger partial charge in [-0.1, -0.05) is 171 Å². The molecule has 0 spiro atoms. The zero-order valence-electron chi connectivity index (χ0n) is 34.0. The molecule has 2 aromatic heterocycles. The number of fused-ring (bicyclic) bond motifs is 7. The number of benzene rings is 9. The Morgan fingerprint density at radius 1 is 0.410 bits per heavy atom. The van der Waals surface area contributed by atoms with Crippen LogP contribution in [0.15, 0.2) is 200 Å². The highest BCUT2D eigenvalue weighted by Gasteiger charge is 2.27. The summed E-state index contributed by atoms with van der Waals surface area (Å²) in [4.78, 5) is 2.59. The fourth-order valence-electron chi connectivity index (χ4n) is 10.6. The van der Waals surface area contributed by atoms with Gasteiger partial charge in [0.1, 0.15) is 0 Å². The van der Waals surface area contributed by atoms with Crippen LogP contribution in [-0.2, 0) is 0 Å². The minimum absolute atomic E-state index is 0.574. The summed E-state index contributed by atoms with van der Waals surface area (Å²) in [6, 6.07) is 74.5. The van der Waals surface area contributed by atoms with Crippen molar-refractivity contribution in [3.63, 3.8) is 0 Å². The van der Waals surface area contributed by atoms with Crippen LogP contribution in [0, 0.1) is 0 Å². The lowest BCUT2D eigenvalue weighted by Crippen LogP contribution is -2.13. The van der Waals surface area contributed by atoms with Gasteiger partial charge in [0.05, 0.1) is 28.1 Å². The SMILES string of the molecule is c1ccc(-n2c3ccccc3c3cccc(-c4ccccc4N(c4ccccc4-c4cccc5cccc(C6CCCCC6)c45)c4cccc5sc6ccccc6c45)c32)cc1. The molecule has 2 heterocycles. The number of aromatic nitrogens is 1. The molecule has 0 saturated heterocycles. The Balaban J connectivity index is 1.18. The molecular formula is C58H44N2S. The van der Waals surface area contributed by atoms with Gasteiger partial charge >= 0.3 is 0 Å². The summed E-state index contributed by atoms with van der Waals surface area (Å²) in [7, 11) is 0. The molecule has 11 aromatic rings. The van der Waals surface area contributed by atoms with E-state index in [0.29, 0.717) is 5.92 Å². The van der Waals surface area contributed by atoms with E-state index in [-0.39, 0.29) is 0 Å². The summed E-state index contributed by atoms with van der Waals surface area (Å²) < 4.78 is 5.05. The van der Waals surface area contributed by atoms with Gasteiger partial charge in [0.2, 0.25) is 0 Å². The smallest absolute Gasteiger partial charge is 0.0620 e. The molecule has 9 aromatic carbocycles. The molecule has 0 unspecified atom stereocenters. The molecule has 61 heavy (non-hydrogen) atoms. The summed E-state index contributed by atoms with van der Waals surface area (Å²) >= 11 is 1.88. The Bertz CT molecular complexity index is 3420. The van der Waals surface area contributed by atoms with Crippen LogP contribution in [0.1, 0.15) is 43.6 Å². The maximum atomic E-state index is 2.59. The van der Waals surface area contributed by atoms with E-state index >= 15 is 0 Å². The van der Waals surface area contributed by atoms with Crippen molar-refractivity contribution in [3.8, 4) is 27.9 Å². The van der Waals surface area contributed by atoms with Crippen LogP contribution in [-0.4, -0.2) is 4.57 Å². The quantitative estimate of drug-likeness (QED) is 0.156. The Kier molecular flexibility index (Phi) is 8.82. The first-order valence-corrected chi connectivity index (χ1v) is 22.6. The van der Waals surface area contributed by atoms with Crippen LogP contribution in [0.4, 0.5) is 17.1 Å². The van der Waals surface area contributed by atoms with Crippen molar-refractivity contribution >= 4 is 81.1 Å². The molecule has 0 N–H and O–H groups in total. The lowest BCUT2D eigenvalue weighted by molar-refractivity contribution is 0.445. The number of thiophene rings is 1. The molecule has 0 amide bonds. The second-order valence-corrected chi connectivity index (χ2v) is 17.7. The largest absolute Gasteiger partial charge is 0.309 e. The maximum absolute atomic E-state index is 2.59. The average molecular weight is 801 g/mol. The summed E-state index contributed by atoms with van der Waals surface area (Å²) in [6.07, 6.45) is 6.46. The third kappa shape index (κ3) is 5.90. The third-order valence-electron chi connectivity index (χ3n) is 13.2. The maximum Gasteiger partial charge on any atom is 0.0620 e. The monoisotopic (exact) mass is 800 g/mol. The van der Waals surface area contributed by atoms with E-state index in [9.17, 15) is 0 Å². The molecule has 1 fully saturated rings. The normalized spacial score (nSPS) is 13.5. The average Bonchev–Trinajstić information content (AvgIpc) is 3.89. The standard InChI is InChI=1S/C58H44N2S/c1-3-19-39(20-4-1)42-29-15-21-40-22-16-30-46(56(40)42)43-25-7-12-34-51(43)60(53-36-18-38-55-57(53)49-28-10-14-37-54(49)61-55)52-35-13-9-27-45(52)48-32-17-31-47-44-26-8-11-33-50(44)59(58(47)48)41-23-5-2-6-24-41/h2,5-18,21-39H,1,3-4,19-20H2. The lowest BCUT2D eigenvalue weighted by Gasteiger charge is -2.31. The molecule has 1 aliphatic carbocycles.